The third-order valence-corrected chi connectivity index (χ3v) is 6.15. The van der Waals surface area contributed by atoms with E-state index in [1.54, 1.807) is 28.7 Å². The maximum Gasteiger partial charge on any atom is 0.267 e. The van der Waals surface area contributed by atoms with Gasteiger partial charge in [-0.2, -0.15) is 0 Å². The van der Waals surface area contributed by atoms with E-state index in [1.165, 1.54) is 4.57 Å². The largest absolute Gasteiger partial charge is 0.323 e. The van der Waals surface area contributed by atoms with Crippen LogP contribution in [0.3, 0.4) is 0 Å². The summed E-state index contributed by atoms with van der Waals surface area (Å²) in [5, 5.41) is 11.7. The van der Waals surface area contributed by atoms with Gasteiger partial charge in [-0.3, -0.25) is 14.0 Å². The third-order valence-electron chi connectivity index (χ3n) is 5.22. The van der Waals surface area contributed by atoms with Crippen LogP contribution in [0, 0.1) is 18.6 Å². The number of aryl methyl sites for hydroxylation is 1. The molecule has 0 saturated heterocycles. The van der Waals surface area contributed by atoms with Crippen LogP contribution in [0.25, 0.3) is 22.4 Å². The molecule has 0 aliphatic carbocycles. The number of nitrogens with one attached hydrogen (secondary N) is 1. The molecule has 0 unspecified atom stereocenters. The molecule has 0 aliphatic rings. The van der Waals surface area contributed by atoms with E-state index in [2.05, 4.69) is 15.5 Å². The molecule has 34 heavy (non-hydrogen) atoms. The number of para-hydroxylation sites is 1. The molecular formula is C24H17F2N5O2S. The van der Waals surface area contributed by atoms with Crippen molar-refractivity contribution < 1.29 is 13.6 Å². The molecule has 0 fully saturated rings. The summed E-state index contributed by atoms with van der Waals surface area (Å²) >= 11 is 1.09. The molecule has 0 bridgehead atoms. The van der Waals surface area contributed by atoms with Crippen molar-refractivity contribution in [1.29, 1.82) is 0 Å². The molecule has 5 aromatic rings. The van der Waals surface area contributed by atoms with Crippen LogP contribution in [0.4, 0.5) is 14.5 Å². The van der Waals surface area contributed by atoms with Crippen LogP contribution in [0.2, 0.25) is 0 Å². The second-order valence-electron chi connectivity index (χ2n) is 7.57. The fraction of sp³-hybridized carbons (Fsp3) is 0.0833. The van der Waals surface area contributed by atoms with Crippen LogP contribution in [-0.2, 0) is 4.79 Å². The number of benzene rings is 3. The Balaban J connectivity index is 1.53. The number of carbonyl (C=O) groups excluding carboxylic acids is 1. The van der Waals surface area contributed by atoms with Gasteiger partial charge in [0, 0.05) is 6.07 Å². The SMILES string of the molecule is Cc1ccc(-n2c(=O)c3ccccc3n3c(SCC(=O)Nc4ccc(F)cc4F)nnc23)cc1. The van der Waals surface area contributed by atoms with E-state index in [-0.39, 0.29) is 17.0 Å². The number of hydrogen-bond acceptors (Lipinski definition) is 5. The number of anilines is 1. The van der Waals surface area contributed by atoms with E-state index in [0.29, 0.717) is 33.6 Å². The number of thioether (sulfide) groups is 1. The second kappa shape index (κ2) is 8.71. The van der Waals surface area contributed by atoms with Crippen molar-refractivity contribution in [3.05, 3.63) is 94.3 Å². The number of amides is 1. The molecule has 10 heteroatoms. The van der Waals surface area contributed by atoms with Crippen LogP contribution in [0.5, 0.6) is 0 Å². The summed E-state index contributed by atoms with van der Waals surface area (Å²) in [6.45, 7) is 1.96. The second-order valence-corrected chi connectivity index (χ2v) is 8.51. The molecule has 2 aromatic heterocycles. The molecule has 7 nitrogen and oxygen atoms in total. The highest BCUT2D eigenvalue weighted by Crippen LogP contribution is 2.24. The van der Waals surface area contributed by atoms with Gasteiger partial charge in [0.1, 0.15) is 11.6 Å². The molecule has 5 rings (SSSR count). The number of nitrogens with zero attached hydrogens (tertiary/aromatic N) is 4. The fourth-order valence-corrected chi connectivity index (χ4v) is 4.35. The van der Waals surface area contributed by atoms with Gasteiger partial charge in [-0.25, -0.2) is 13.3 Å². The van der Waals surface area contributed by atoms with Crippen molar-refractivity contribution in [3.63, 3.8) is 0 Å². The highest BCUT2D eigenvalue weighted by atomic mass is 32.2. The van der Waals surface area contributed by atoms with Gasteiger partial charge in [-0.05, 0) is 43.3 Å². The van der Waals surface area contributed by atoms with Crippen molar-refractivity contribution in [1.82, 2.24) is 19.2 Å². The number of rotatable bonds is 5. The van der Waals surface area contributed by atoms with Crippen LogP contribution in [-0.4, -0.2) is 30.8 Å². The van der Waals surface area contributed by atoms with Gasteiger partial charge in [-0.1, -0.05) is 41.6 Å². The van der Waals surface area contributed by atoms with E-state index in [1.807, 2.05) is 31.2 Å². The standard InChI is InChI=1S/C24H17F2N5O2S/c1-14-6-9-16(10-7-14)30-22(33)17-4-2-3-5-20(17)31-23(30)28-29-24(31)34-13-21(32)27-19-11-8-15(25)12-18(19)26/h2-12H,13H2,1H3,(H,27,32). The van der Waals surface area contributed by atoms with Crippen LogP contribution in [0.1, 0.15) is 5.56 Å². The lowest BCUT2D eigenvalue weighted by atomic mass is 10.2. The summed E-state index contributed by atoms with van der Waals surface area (Å²) in [5.41, 5.74) is 1.94. The number of hydrogen-bond donors (Lipinski definition) is 1. The Labute approximate surface area is 196 Å². The molecule has 0 spiro atoms. The Morgan fingerprint density at radius 2 is 1.79 bits per heavy atom. The van der Waals surface area contributed by atoms with Gasteiger partial charge >= 0.3 is 0 Å². The van der Waals surface area contributed by atoms with Gasteiger partial charge in [0.25, 0.3) is 5.56 Å². The number of halogens is 2. The molecule has 1 N–H and O–H groups in total. The van der Waals surface area contributed by atoms with Crippen LogP contribution < -0.4 is 10.9 Å². The minimum absolute atomic E-state index is 0.102. The highest BCUT2D eigenvalue weighted by molar-refractivity contribution is 7.99. The predicted octanol–water partition coefficient (Wildman–Crippen LogP) is 4.35. The van der Waals surface area contributed by atoms with E-state index >= 15 is 0 Å². The average molecular weight is 477 g/mol. The van der Waals surface area contributed by atoms with E-state index < -0.39 is 17.5 Å². The quantitative estimate of drug-likeness (QED) is 0.381. The lowest BCUT2D eigenvalue weighted by molar-refractivity contribution is -0.113. The first-order chi connectivity index (χ1) is 16.4. The molecule has 3 aromatic carbocycles. The average Bonchev–Trinajstić information content (AvgIpc) is 3.25. The smallest absolute Gasteiger partial charge is 0.267 e. The molecular weight excluding hydrogens is 460 g/mol. The zero-order chi connectivity index (χ0) is 23.8. The summed E-state index contributed by atoms with van der Waals surface area (Å²) in [5.74, 6) is -1.88. The number of fused-ring (bicyclic) bond motifs is 3. The predicted molar refractivity (Wildman–Crippen MR) is 127 cm³/mol. The molecule has 170 valence electrons. The lowest BCUT2D eigenvalue weighted by Gasteiger charge is -2.11. The van der Waals surface area contributed by atoms with Gasteiger partial charge in [0.2, 0.25) is 11.7 Å². The first kappa shape index (κ1) is 21.8. The van der Waals surface area contributed by atoms with Gasteiger partial charge < -0.3 is 5.32 Å². The summed E-state index contributed by atoms with van der Waals surface area (Å²) in [7, 11) is 0. The monoisotopic (exact) mass is 477 g/mol. The summed E-state index contributed by atoms with van der Waals surface area (Å²) in [4.78, 5) is 25.7. The number of carbonyl (C=O) groups is 1. The summed E-state index contributed by atoms with van der Waals surface area (Å²) in [6.07, 6.45) is 0. The topological polar surface area (TPSA) is 81.3 Å². The Morgan fingerprint density at radius 1 is 1.03 bits per heavy atom. The molecule has 1 amide bonds. The summed E-state index contributed by atoms with van der Waals surface area (Å²) < 4.78 is 30.1. The Hall–Kier alpha value is -4.05. The summed E-state index contributed by atoms with van der Waals surface area (Å²) in [6, 6.07) is 17.5. The van der Waals surface area contributed by atoms with Gasteiger partial charge in [0.15, 0.2) is 5.16 Å². The fourth-order valence-electron chi connectivity index (χ4n) is 3.61. The van der Waals surface area contributed by atoms with Crippen LogP contribution >= 0.6 is 11.8 Å². The Bertz CT molecular complexity index is 1610. The normalized spacial score (nSPS) is 11.3. The molecule has 0 saturated carbocycles. The number of aromatic nitrogens is 4. The maximum atomic E-state index is 13.9. The maximum absolute atomic E-state index is 13.9. The van der Waals surface area contributed by atoms with Crippen molar-refractivity contribution >= 4 is 40.0 Å². The minimum atomic E-state index is -0.862. The van der Waals surface area contributed by atoms with Gasteiger partial charge in [-0.15, -0.1) is 10.2 Å². The van der Waals surface area contributed by atoms with Crippen molar-refractivity contribution in [2.45, 2.75) is 12.1 Å². The first-order valence-corrected chi connectivity index (χ1v) is 11.2. The molecule has 0 aliphatic heterocycles. The third kappa shape index (κ3) is 3.92. The van der Waals surface area contributed by atoms with Crippen molar-refractivity contribution in [3.8, 4) is 5.69 Å². The van der Waals surface area contributed by atoms with Gasteiger partial charge in [0.05, 0.1) is 28.0 Å². The van der Waals surface area contributed by atoms with E-state index in [9.17, 15) is 18.4 Å². The zero-order valence-electron chi connectivity index (χ0n) is 17.8. The van der Waals surface area contributed by atoms with E-state index in [0.717, 1.165) is 29.5 Å². The van der Waals surface area contributed by atoms with Crippen molar-refractivity contribution in [2.24, 2.45) is 0 Å². The Morgan fingerprint density at radius 3 is 2.56 bits per heavy atom. The zero-order valence-corrected chi connectivity index (χ0v) is 18.6. The lowest BCUT2D eigenvalue weighted by Crippen LogP contribution is -2.22. The van der Waals surface area contributed by atoms with Crippen LogP contribution in [0.15, 0.2) is 76.7 Å². The first-order valence-electron chi connectivity index (χ1n) is 10.3. The van der Waals surface area contributed by atoms with Crippen molar-refractivity contribution in [2.75, 3.05) is 11.1 Å². The van der Waals surface area contributed by atoms with E-state index in [4.69, 9.17) is 0 Å². The highest BCUT2D eigenvalue weighted by Gasteiger charge is 2.19. The molecule has 2 heterocycles. The minimum Gasteiger partial charge on any atom is -0.323 e. The molecule has 0 radical (unpaired) electrons. The molecule has 0 atom stereocenters. The Kier molecular flexibility index (Phi) is 5.58.